The maximum atomic E-state index is 11.5. The number of hydrogen-bond donors (Lipinski definition) is 0. The molecule has 0 amide bonds. The second-order valence-corrected chi connectivity index (χ2v) is 7.19. The van der Waals surface area contributed by atoms with Gasteiger partial charge in [0.05, 0.1) is 0 Å². The molecule has 2 aromatic carbocycles. The Balaban J connectivity index is 2.27. The molecule has 136 valence electrons. The van der Waals surface area contributed by atoms with Crippen LogP contribution in [-0.4, -0.2) is 11.9 Å². The number of aryl methyl sites for hydroxylation is 2. The SMILES string of the molecule is CC(=O)Oc1cc(C)cc2c1Oc1c(OC(C)=O)cc(C)cc1C2(C)C. The Morgan fingerprint density at radius 3 is 1.54 bits per heavy atom. The van der Waals surface area contributed by atoms with E-state index in [1.54, 1.807) is 12.1 Å². The fraction of sp³-hybridized carbons (Fsp3) is 0.333. The van der Waals surface area contributed by atoms with Gasteiger partial charge in [-0.1, -0.05) is 26.0 Å². The molecule has 1 aliphatic heterocycles. The highest BCUT2D eigenvalue weighted by Crippen LogP contribution is 2.54. The maximum Gasteiger partial charge on any atom is 0.308 e. The third-order valence-electron chi connectivity index (χ3n) is 4.46. The van der Waals surface area contributed by atoms with Gasteiger partial charge in [-0.3, -0.25) is 9.59 Å². The molecule has 0 saturated carbocycles. The standard InChI is InChI=1S/C21H22O5/c1-11-7-15-19(17(9-11)24-13(3)22)26-20-16(21(15,5)6)8-12(2)10-18(20)25-14(4)23/h7-10H,1-6H3. The van der Waals surface area contributed by atoms with Gasteiger partial charge in [0, 0.05) is 30.4 Å². The summed E-state index contributed by atoms with van der Waals surface area (Å²) in [5, 5.41) is 0. The molecule has 0 spiro atoms. The first-order valence-corrected chi connectivity index (χ1v) is 8.44. The molecule has 3 rings (SSSR count). The van der Waals surface area contributed by atoms with Crippen molar-refractivity contribution in [2.75, 3.05) is 0 Å². The van der Waals surface area contributed by atoms with Crippen LogP contribution < -0.4 is 14.2 Å². The molecule has 0 N–H and O–H groups in total. The van der Waals surface area contributed by atoms with Gasteiger partial charge in [0.1, 0.15) is 0 Å². The number of carbonyl (C=O) groups excluding carboxylic acids is 2. The van der Waals surface area contributed by atoms with E-state index in [0.29, 0.717) is 23.0 Å². The number of esters is 2. The van der Waals surface area contributed by atoms with Gasteiger partial charge in [-0.2, -0.15) is 0 Å². The predicted octanol–water partition coefficient (Wildman–Crippen LogP) is 4.59. The van der Waals surface area contributed by atoms with Crippen molar-refractivity contribution >= 4 is 11.9 Å². The average Bonchev–Trinajstić information content (AvgIpc) is 2.48. The van der Waals surface area contributed by atoms with Crippen LogP contribution in [0, 0.1) is 13.8 Å². The molecule has 0 fully saturated rings. The highest BCUT2D eigenvalue weighted by Gasteiger charge is 2.38. The molecule has 1 aliphatic rings. The third-order valence-corrected chi connectivity index (χ3v) is 4.46. The van der Waals surface area contributed by atoms with Crippen molar-refractivity contribution in [3.05, 3.63) is 46.5 Å². The molecule has 0 bridgehead atoms. The van der Waals surface area contributed by atoms with Crippen LogP contribution in [0.5, 0.6) is 23.0 Å². The van der Waals surface area contributed by atoms with Gasteiger partial charge < -0.3 is 14.2 Å². The Bertz CT molecular complexity index is 851. The highest BCUT2D eigenvalue weighted by molar-refractivity contribution is 5.75. The lowest BCUT2D eigenvalue weighted by molar-refractivity contribution is -0.132. The summed E-state index contributed by atoms with van der Waals surface area (Å²) >= 11 is 0. The van der Waals surface area contributed by atoms with Crippen LogP contribution in [0.4, 0.5) is 0 Å². The van der Waals surface area contributed by atoms with Crippen LogP contribution in [0.15, 0.2) is 24.3 Å². The molecule has 2 aromatic rings. The van der Waals surface area contributed by atoms with E-state index in [1.807, 2.05) is 26.0 Å². The molecule has 5 nitrogen and oxygen atoms in total. The highest BCUT2D eigenvalue weighted by atomic mass is 16.6. The molecule has 0 saturated heterocycles. The van der Waals surface area contributed by atoms with Crippen molar-refractivity contribution in [2.45, 2.75) is 47.0 Å². The molecule has 5 heteroatoms. The van der Waals surface area contributed by atoms with Crippen LogP contribution in [-0.2, 0) is 15.0 Å². The normalized spacial score (nSPS) is 13.9. The Hall–Kier alpha value is -2.82. The summed E-state index contributed by atoms with van der Waals surface area (Å²) in [4.78, 5) is 23.1. The number of hydrogen-bond acceptors (Lipinski definition) is 5. The van der Waals surface area contributed by atoms with Crippen molar-refractivity contribution in [2.24, 2.45) is 0 Å². The van der Waals surface area contributed by atoms with E-state index in [2.05, 4.69) is 13.8 Å². The summed E-state index contributed by atoms with van der Waals surface area (Å²) in [6.45, 7) is 10.7. The van der Waals surface area contributed by atoms with Crippen molar-refractivity contribution < 1.29 is 23.8 Å². The smallest absolute Gasteiger partial charge is 0.308 e. The van der Waals surface area contributed by atoms with Crippen LogP contribution >= 0.6 is 0 Å². The number of benzene rings is 2. The van der Waals surface area contributed by atoms with Crippen molar-refractivity contribution in [1.82, 2.24) is 0 Å². The van der Waals surface area contributed by atoms with Gasteiger partial charge >= 0.3 is 11.9 Å². The van der Waals surface area contributed by atoms with Gasteiger partial charge in [0.2, 0.25) is 0 Å². The molecule has 0 unspecified atom stereocenters. The first-order chi connectivity index (χ1) is 12.1. The van der Waals surface area contributed by atoms with E-state index in [-0.39, 0.29) is 0 Å². The van der Waals surface area contributed by atoms with Gasteiger partial charge in [-0.15, -0.1) is 0 Å². The Morgan fingerprint density at radius 1 is 0.808 bits per heavy atom. The van der Waals surface area contributed by atoms with Crippen LogP contribution in [0.25, 0.3) is 0 Å². The fourth-order valence-corrected chi connectivity index (χ4v) is 3.33. The van der Waals surface area contributed by atoms with Crippen LogP contribution in [0.3, 0.4) is 0 Å². The summed E-state index contributed by atoms with van der Waals surface area (Å²) in [7, 11) is 0. The summed E-state index contributed by atoms with van der Waals surface area (Å²) < 4.78 is 16.9. The molecule has 0 aromatic heterocycles. The lowest BCUT2D eigenvalue weighted by atomic mass is 9.74. The first kappa shape index (κ1) is 18.0. The maximum absolute atomic E-state index is 11.5. The fourth-order valence-electron chi connectivity index (χ4n) is 3.33. The number of ether oxygens (including phenoxy) is 3. The third kappa shape index (κ3) is 3.05. The van der Waals surface area contributed by atoms with Gasteiger partial charge in [0.15, 0.2) is 23.0 Å². The van der Waals surface area contributed by atoms with E-state index in [1.165, 1.54) is 13.8 Å². The quantitative estimate of drug-likeness (QED) is 0.583. The molecule has 0 atom stereocenters. The molecule has 0 radical (unpaired) electrons. The van der Waals surface area contributed by atoms with Crippen molar-refractivity contribution in [3.8, 4) is 23.0 Å². The Kier molecular flexibility index (Phi) is 4.26. The van der Waals surface area contributed by atoms with Gasteiger partial charge in [-0.05, 0) is 37.1 Å². The van der Waals surface area contributed by atoms with E-state index >= 15 is 0 Å². The summed E-state index contributed by atoms with van der Waals surface area (Å²) in [5.74, 6) is 0.825. The summed E-state index contributed by atoms with van der Waals surface area (Å²) in [6, 6.07) is 7.58. The summed E-state index contributed by atoms with van der Waals surface area (Å²) in [6.07, 6.45) is 0. The lowest BCUT2D eigenvalue weighted by Crippen LogP contribution is -2.26. The topological polar surface area (TPSA) is 61.8 Å². The van der Waals surface area contributed by atoms with Crippen LogP contribution in [0.2, 0.25) is 0 Å². The summed E-state index contributed by atoms with van der Waals surface area (Å²) in [5.41, 5.74) is 3.34. The first-order valence-electron chi connectivity index (χ1n) is 8.44. The lowest BCUT2D eigenvalue weighted by Gasteiger charge is -2.36. The van der Waals surface area contributed by atoms with E-state index in [0.717, 1.165) is 22.3 Å². The van der Waals surface area contributed by atoms with E-state index in [9.17, 15) is 9.59 Å². The second-order valence-electron chi connectivity index (χ2n) is 7.19. The molecular formula is C21H22O5. The monoisotopic (exact) mass is 354 g/mol. The van der Waals surface area contributed by atoms with Gasteiger partial charge in [-0.25, -0.2) is 0 Å². The largest absolute Gasteiger partial charge is 0.449 e. The van der Waals surface area contributed by atoms with E-state index < -0.39 is 17.4 Å². The second kappa shape index (κ2) is 6.16. The zero-order valence-electron chi connectivity index (χ0n) is 15.9. The zero-order valence-corrected chi connectivity index (χ0v) is 15.9. The number of rotatable bonds is 2. The molecular weight excluding hydrogens is 332 g/mol. The van der Waals surface area contributed by atoms with Crippen LogP contribution in [0.1, 0.15) is 49.9 Å². The number of fused-ring (bicyclic) bond motifs is 2. The predicted molar refractivity (Wildman–Crippen MR) is 97.2 cm³/mol. The molecule has 1 heterocycles. The minimum atomic E-state index is -0.426. The Morgan fingerprint density at radius 2 is 1.19 bits per heavy atom. The van der Waals surface area contributed by atoms with E-state index in [4.69, 9.17) is 14.2 Å². The minimum absolute atomic E-state index is 0.362. The number of carbonyl (C=O) groups is 2. The Labute approximate surface area is 152 Å². The van der Waals surface area contributed by atoms with Crippen molar-refractivity contribution in [3.63, 3.8) is 0 Å². The zero-order chi connectivity index (χ0) is 19.2. The average molecular weight is 354 g/mol. The molecule has 0 aliphatic carbocycles. The molecule has 26 heavy (non-hydrogen) atoms. The van der Waals surface area contributed by atoms with Gasteiger partial charge in [0.25, 0.3) is 0 Å². The van der Waals surface area contributed by atoms with Crippen molar-refractivity contribution in [1.29, 1.82) is 0 Å². The minimum Gasteiger partial charge on any atom is -0.449 e.